The molecule has 0 amide bonds. The molecule has 3 aromatic rings. The Hall–Kier alpha value is -1.67. The van der Waals surface area contributed by atoms with Gasteiger partial charge in [-0.25, -0.2) is 11.3 Å². The smallest absolute Gasteiger partial charge is 0.179 e. The van der Waals surface area contributed by atoms with Crippen LogP contribution in [0.4, 0.5) is 0 Å². The fraction of sp³-hybridized carbons (Fsp3) is 0.0714. The van der Waals surface area contributed by atoms with Crippen molar-refractivity contribution in [1.29, 1.82) is 0 Å². The third-order valence-electron chi connectivity index (χ3n) is 2.61. The molecule has 0 atom stereocenters. The number of thiazole rings is 1. The molecule has 0 spiro atoms. The van der Waals surface area contributed by atoms with E-state index >= 15 is 0 Å². The van der Waals surface area contributed by atoms with E-state index in [0.717, 1.165) is 6.54 Å². The van der Waals surface area contributed by atoms with Crippen LogP contribution in [0.3, 0.4) is 0 Å². The SMILES string of the molecule is [c-]1sc2ccccc2[n+]1Cc1ccccc1. The highest BCUT2D eigenvalue weighted by Gasteiger charge is 2.02. The number of benzene rings is 2. The zero-order valence-corrected chi connectivity index (χ0v) is 9.58. The van der Waals surface area contributed by atoms with E-state index in [0.29, 0.717) is 0 Å². The molecule has 16 heavy (non-hydrogen) atoms. The molecule has 0 unspecified atom stereocenters. The summed E-state index contributed by atoms with van der Waals surface area (Å²) < 4.78 is 3.47. The van der Waals surface area contributed by atoms with Gasteiger partial charge in [-0.15, -0.1) is 6.07 Å². The van der Waals surface area contributed by atoms with Gasteiger partial charge in [0.1, 0.15) is 0 Å². The molecular formula is C14H11NS. The van der Waals surface area contributed by atoms with Crippen molar-refractivity contribution in [2.24, 2.45) is 0 Å². The van der Waals surface area contributed by atoms with Crippen LogP contribution in [0.15, 0.2) is 54.6 Å². The van der Waals surface area contributed by atoms with Crippen LogP contribution < -0.4 is 4.57 Å². The van der Waals surface area contributed by atoms with Crippen LogP contribution in [0.25, 0.3) is 10.2 Å². The normalized spacial score (nSPS) is 10.8. The predicted octanol–water partition coefficient (Wildman–Crippen LogP) is 3.04. The topological polar surface area (TPSA) is 3.88 Å². The van der Waals surface area contributed by atoms with Crippen LogP contribution in [0.5, 0.6) is 0 Å². The van der Waals surface area contributed by atoms with E-state index in [4.69, 9.17) is 0 Å². The number of para-hydroxylation sites is 1. The molecule has 0 saturated heterocycles. The second-order valence-corrected chi connectivity index (χ2v) is 4.56. The molecule has 0 aliphatic rings. The maximum atomic E-state index is 3.32. The summed E-state index contributed by atoms with van der Waals surface area (Å²) in [6.07, 6.45) is 0. The maximum Gasteiger partial charge on any atom is 0.179 e. The number of nitrogens with zero attached hydrogens (tertiary/aromatic N) is 1. The van der Waals surface area contributed by atoms with Crippen LogP contribution in [0.2, 0.25) is 0 Å². The van der Waals surface area contributed by atoms with Gasteiger partial charge in [-0.1, -0.05) is 53.2 Å². The fourth-order valence-electron chi connectivity index (χ4n) is 1.80. The lowest BCUT2D eigenvalue weighted by molar-refractivity contribution is -0.662. The Morgan fingerprint density at radius 1 is 0.938 bits per heavy atom. The third kappa shape index (κ3) is 1.72. The second-order valence-electron chi connectivity index (χ2n) is 3.73. The second kappa shape index (κ2) is 4.06. The van der Waals surface area contributed by atoms with Crippen molar-refractivity contribution in [3.8, 4) is 0 Å². The van der Waals surface area contributed by atoms with Crippen LogP contribution in [-0.4, -0.2) is 0 Å². The fourth-order valence-corrected chi connectivity index (χ4v) is 2.60. The third-order valence-corrected chi connectivity index (χ3v) is 3.48. The van der Waals surface area contributed by atoms with E-state index in [-0.39, 0.29) is 0 Å². The van der Waals surface area contributed by atoms with E-state index in [1.165, 1.54) is 15.8 Å². The maximum absolute atomic E-state index is 3.32. The van der Waals surface area contributed by atoms with Crippen molar-refractivity contribution in [3.05, 3.63) is 65.7 Å². The highest BCUT2D eigenvalue weighted by Crippen LogP contribution is 2.15. The first-order chi connectivity index (χ1) is 7.93. The highest BCUT2D eigenvalue weighted by molar-refractivity contribution is 7.15. The lowest BCUT2D eigenvalue weighted by Gasteiger charge is -2.00. The molecule has 0 saturated carbocycles. The number of hydrogen-bond donors (Lipinski definition) is 0. The van der Waals surface area contributed by atoms with Crippen LogP contribution >= 0.6 is 11.3 Å². The summed E-state index contributed by atoms with van der Waals surface area (Å²) in [4.78, 5) is 0. The average molecular weight is 225 g/mol. The molecule has 3 rings (SSSR count). The number of fused-ring (bicyclic) bond motifs is 1. The van der Waals surface area contributed by atoms with Gasteiger partial charge in [-0.3, -0.25) is 4.57 Å². The van der Waals surface area contributed by atoms with E-state index in [1.807, 2.05) is 6.07 Å². The Morgan fingerprint density at radius 2 is 1.69 bits per heavy atom. The Kier molecular flexibility index (Phi) is 2.43. The van der Waals surface area contributed by atoms with Gasteiger partial charge in [-0.2, -0.15) is 0 Å². The summed E-state index contributed by atoms with van der Waals surface area (Å²) in [5.74, 6) is 0. The first kappa shape index (κ1) is 9.55. The minimum absolute atomic E-state index is 0.894. The first-order valence-corrected chi connectivity index (χ1v) is 6.08. The molecule has 1 nitrogen and oxygen atoms in total. The van der Waals surface area contributed by atoms with Crippen molar-refractivity contribution >= 4 is 21.6 Å². The Bertz CT molecular complexity index is 598. The summed E-state index contributed by atoms with van der Waals surface area (Å²) in [5, 5.41) is 0. The number of hydrogen-bond acceptors (Lipinski definition) is 1. The molecule has 0 bridgehead atoms. The molecule has 1 aromatic heterocycles. The van der Waals surface area contributed by atoms with Crippen molar-refractivity contribution in [3.63, 3.8) is 0 Å². The summed E-state index contributed by atoms with van der Waals surface area (Å²) >= 11 is 1.67. The van der Waals surface area contributed by atoms with E-state index in [9.17, 15) is 0 Å². The average Bonchev–Trinajstić information content (AvgIpc) is 2.74. The van der Waals surface area contributed by atoms with Gasteiger partial charge in [0.05, 0.1) is 5.52 Å². The minimum atomic E-state index is 0.894. The van der Waals surface area contributed by atoms with Gasteiger partial charge in [0.2, 0.25) is 0 Å². The predicted molar refractivity (Wildman–Crippen MR) is 66.4 cm³/mol. The van der Waals surface area contributed by atoms with Crippen molar-refractivity contribution in [1.82, 2.24) is 0 Å². The van der Waals surface area contributed by atoms with E-state index in [1.54, 1.807) is 11.3 Å². The number of rotatable bonds is 2. The molecule has 0 fully saturated rings. The minimum Gasteiger partial charge on any atom is -0.300 e. The summed E-state index contributed by atoms with van der Waals surface area (Å²) in [6, 6.07) is 18.9. The zero-order valence-electron chi connectivity index (χ0n) is 8.76. The van der Waals surface area contributed by atoms with Crippen LogP contribution in [0.1, 0.15) is 5.56 Å². The van der Waals surface area contributed by atoms with Crippen LogP contribution in [-0.2, 0) is 6.54 Å². The lowest BCUT2D eigenvalue weighted by atomic mass is 10.2. The lowest BCUT2D eigenvalue weighted by Crippen LogP contribution is -2.32. The van der Waals surface area contributed by atoms with E-state index < -0.39 is 0 Å². The monoisotopic (exact) mass is 225 g/mol. The van der Waals surface area contributed by atoms with Gasteiger partial charge in [0.25, 0.3) is 0 Å². The molecule has 0 N–H and O–H groups in total. The van der Waals surface area contributed by atoms with E-state index in [2.05, 4.69) is 58.6 Å². The standard InChI is InChI=1S/C14H11NS/c1-2-6-12(7-3-1)10-15-11-16-14-9-5-4-8-13(14)15/h1-9H,10H2. The van der Waals surface area contributed by atoms with Gasteiger partial charge >= 0.3 is 0 Å². The molecule has 0 radical (unpaired) electrons. The van der Waals surface area contributed by atoms with Crippen molar-refractivity contribution < 1.29 is 4.57 Å². The Labute approximate surface area is 98.6 Å². The quantitative estimate of drug-likeness (QED) is 0.466. The summed E-state index contributed by atoms with van der Waals surface area (Å²) in [6.45, 7) is 0.894. The number of aromatic nitrogens is 1. The van der Waals surface area contributed by atoms with Crippen molar-refractivity contribution in [2.75, 3.05) is 0 Å². The molecule has 0 aliphatic carbocycles. The van der Waals surface area contributed by atoms with Crippen LogP contribution in [0, 0.1) is 5.51 Å². The highest BCUT2D eigenvalue weighted by atomic mass is 32.1. The summed E-state index contributed by atoms with van der Waals surface area (Å²) in [7, 11) is 0. The first-order valence-electron chi connectivity index (χ1n) is 5.26. The summed E-state index contributed by atoms with van der Waals surface area (Å²) in [5.41, 5.74) is 5.89. The molecule has 0 aliphatic heterocycles. The molecule has 1 heterocycles. The molecule has 78 valence electrons. The van der Waals surface area contributed by atoms with Gasteiger partial charge in [-0.05, 0) is 0 Å². The molecule has 2 aromatic carbocycles. The molecule has 2 heteroatoms. The zero-order chi connectivity index (χ0) is 10.8. The van der Waals surface area contributed by atoms with Crippen molar-refractivity contribution in [2.45, 2.75) is 6.54 Å². The van der Waals surface area contributed by atoms with Gasteiger partial charge in [0, 0.05) is 5.56 Å². The van der Waals surface area contributed by atoms with Gasteiger partial charge in [0.15, 0.2) is 12.1 Å². The Morgan fingerprint density at radius 3 is 2.56 bits per heavy atom. The Balaban J connectivity index is 2.01. The largest absolute Gasteiger partial charge is 0.300 e. The molecular weight excluding hydrogens is 214 g/mol. The van der Waals surface area contributed by atoms with Gasteiger partial charge < -0.3 is 0 Å².